The molecule has 2 aliphatic rings. The lowest BCUT2D eigenvalue weighted by atomic mass is 10.2. The van der Waals surface area contributed by atoms with Gasteiger partial charge in [-0.05, 0) is 38.0 Å². The standard InChI is InChI=1S/C21H34N4O3/c1-4-22-21(25-9-8-18(16-25)24-10-12-27-13-11-24)23-15-17-6-7-19(28-5-2)20(14-17)26-3/h6-7,14,18H,4-5,8-13,15-16H2,1-3H3,(H,22,23). The van der Waals surface area contributed by atoms with Crippen LogP contribution in [0.2, 0.25) is 0 Å². The number of likely N-dealkylation sites (tertiary alicyclic amines) is 1. The zero-order valence-corrected chi connectivity index (χ0v) is 17.4. The number of nitrogens with zero attached hydrogens (tertiary/aromatic N) is 3. The van der Waals surface area contributed by atoms with E-state index in [-0.39, 0.29) is 0 Å². The van der Waals surface area contributed by atoms with Crippen LogP contribution >= 0.6 is 0 Å². The first kappa shape index (κ1) is 20.7. The highest BCUT2D eigenvalue weighted by Crippen LogP contribution is 2.28. The third-order valence-electron chi connectivity index (χ3n) is 5.30. The number of methoxy groups -OCH3 is 1. The van der Waals surface area contributed by atoms with Gasteiger partial charge in [-0.25, -0.2) is 4.99 Å². The molecule has 7 heteroatoms. The van der Waals surface area contributed by atoms with Crippen molar-refractivity contribution in [3.05, 3.63) is 23.8 Å². The van der Waals surface area contributed by atoms with Crippen molar-refractivity contribution >= 4 is 5.96 Å². The molecule has 2 saturated heterocycles. The van der Waals surface area contributed by atoms with Crippen molar-refractivity contribution in [1.82, 2.24) is 15.1 Å². The second kappa shape index (κ2) is 10.5. The van der Waals surface area contributed by atoms with Crippen LogP contribution in [0.25, 0.3) is 0 Å². The molecule has 1 atom stereocenters. The van der Waals surface area contributed by atoms with Gasteiger partial charge >= 0.3 is 0 Å². The molecule has 0 amide bonds. The Morgan fingerprint density at radius 3 is 2.75 bits per heavy atom. The van der Waals surface area contributed by atoms with Gasteiger partial charge in [-0.15, -0.1) is 0 Å². The Bertz CT molecular complexity index is 647. The lowest BCUT2D eigenvalue weighted by molar-refractivity contribution is 0.0195. The van der Waals surface area contributed by atoms with Crippen molar-refractivity contribution in [2.75, 3.05) is 59.7 Å². The Kier molecular flexibility index (Phi) is 7.80. The van der Waals surface area contributed by atoms with E-state index in [1.165, 1.54) is 6.42 Å². The number of hydrogen-bond acceptors (Lipinski definition) is 5. The molecule has 2 fully saturated rings. The predicted octanol–water partition coefficient (Wildman–Crippen LogP) is 1.97. The van der Waals surface area contributed by atoms with Gasteiger partial charge in [-0.1, -0.05) is 6.07 Å². The first-order valence-electron chi connectivity index (χ1n) is 10.4. The molecule has 2 heterocycles. The summed E-state index contributed by atoms with van der Waals surface area (Å²) in [4.78, 5) is 9.83. The largest absolute Gasteiger partial charge is 0.493 e. The van der Waals surface area contributed by atoms with Crippen LogP contribution in [0.4, 0.5) is 0 Å². The molecule has 0 bridgehead atoms. The number of ether oxygens (including phenoxy) is 3. The van der Waals surface area contributed by atoms with Crippen molar-refractivity contribution in [2.45, 2.75) is 32.9 Å². The van der Waals surface area contributed by atoms with Gasteiger partial charge in [0.05, 0.1) is 33.5 Å². The number of rotatable bonds is 7. The minimum atomic E-state index is 0.596. The monoisotopic (exact) mass is 390 g/mol. The number of nitrogens with one attached hydrogen (secondary N) is 1. The maximum absolute atomic E-state index is 5.60. The molecule has 0 aliphatic carbocycles. The summed E-state index contributed by atoms with van der Waals surface area (Å²) in [6.45, 7) is 12.0. The molecule has 0 aromatic heterocycles. The van der Waals surface area contributed by atoms with Crippen molar-refractivity contribution in [2.24, 2.45) is 4.99 Å². The first-order chi connectivity index (χ1) is 13.7. The number of benzene rings is 1. The molecule has 1 aromatic carbocycles. The summed E-state index contributed by atoms with van der Waals surface area (Å²) in [5, 5.41) is 3.46. The summed E-state index contributed by atoms with van der Waals surface area (Å²) in [6, 6.07) is 6.63. The van der Waals surface area contributed by atoms with E-state index in [1.807, 2.05) is 19.1 Å². The van der Waals surface area contributed by atoms with Crippen LogP contribution in [0.1, 0.15) is 25.8 Å². The smallest absolute Gasteiger partial charge is 0.194 e. The molecule has 7 nitrogen and oxygen atoms in total. The van der Waals surface area contributed by atoms with Gasteiger partial charge in [0.25, 0.3) is 0 Å². The highest BCUT2D eigenvalue weighted by molar-refractivity contribution is 5.80. The Hall–Kier alpha value is -1.99. The summed E-state index contributed by atoms with van der Waals surface area (Å²) in [7, 11) is 1.67. The minimum absolute atomic E-state index is 0.596. The molecular formula is C21H34N4O3. The van der Waals surface area contributed by atoms with E-state index in [4.69, 9.17) is 19.2 Å². The zero-order valence-electron chi connectivity index (χ0n) is 17.4. The van der Waals surface area contributed by atoms with Crippen LogP contribution in [0.3, 0.4) is 0 Å². The van der Waals surface area contributed by atoms with E-state index in [0.717, 1.165) is 69.0 Å². The molecule has 0 spiro atoms. The van der Waals surface area contributed by atoms with Crippen LogP contribution < -0.4 is 14.8 Å². The maximum atomic E-state index is 5.60. The zero-order chi connectivity index (χ0) is 19.8. The topological polar surface area (TPSA) is 58.6 Å². The van der Waals surface area contributed by atoms with E-state index in [1.54, 1.807) is 7.11 Å². The molecule has 1 N–H and O–H groups in total. The number of aliphatic imine (C=N–C) groups is 1. The Morgan fingerprint density at radius 2 is 2.04 bits per heavy atom. The quantitative estimate of drug-likeness (QED) is 0.567. The number of guanidine groups is 1. The van der Waals surface area contributed by atoms with Gasteiger partial charge in [0.2, 0.25) is 0 Å². The van der Waals surface area contributed by atoms with Crippen LogP contribution in [0.15, 0.2) is 23.2 Å². The lowest BCUT2D eigenvalue weighted by Crippen LogP contribution is -2.46. The molecular weight excluding hydrogens is 356 g/mol. The first-order valence-corrected chi connectivity index (χ1v) is 10.4. The van der Waals surface area contributed by atoms with E-state index < -0.39 is 0 Å². The van der Waals surface area contributed by atoms with E-state index in [9.17, 15) is 0 Å². The van der Waals surface area contributed by atoms with E-state index in [0.29, 0.717) is 19.2 Å². The van der Waals surface area contributed by atoms with Gasteiger partial charge in [-0.3, -0.25) is 4.90 Å². The fourth-order valence-corrected chi connectivity index (χ4v) is 3.85. The summed E-state index contributed by atoms with van der Waals surface area (Å²) < 4.78 is 16.6. The van der Waals surface area contributed by atoms with Crippen LogP contribution in [0, 0.1) is 0 Å². The molecule has 28 heavy (non-hydrogen) atoms. The fourth-order valence-electron chi connectivity index (χ4n) is 3.85. The maximum Gasteiger partial charge on any atom is 0.194 e. The molecule has 2 aliphatic heterocycles. The molecule has 156 valence electrons. The third-order valence-corrected chi connectivity index (χ3v) is 5.30. The lowest BCUT2D eigenvalue weighted by Gasteiger charge is -2.32. The fraction of sp³-hybridized carbons (Fsp3) is 0.667. The number of hydrogen-bond donors (Lipinski definition) is 1. The molecule has 1 unspecified atom stereocenters. The average molecular weight is 391 g/mol. The molecule has 3 rings (SSSR count). The van der Waals surface area contributed by atoms with Crippen LogP contribution in [-0.2, 0) is 11.3 Å². The van der Waals surface area contributed by atoms with Crippen molar-refractivity contribution in [3.63, 3.8) is 0 Å². The summed E-state index contributed by atoms with van der Waals surface area (Å²) in [5.41, 5.74) is 1.11. The molecule has 0 radical (unpaired) electrons. The summed E-state index contributed by atoms with van der Waals surface area (Å²) >= 11 is 0. The normalized spacial score (nSPS) is 21.0. The van der Waals surface area contributed by atoms with Crippen LogP contribution in [0.5, 0.6) is 11.5 Å². The van der Waals surface area contributed by atoms with Crippen LogP contribution in [-0.4, -0.2) is 81.5 Å². The molecule has 0 saturated carbocycles. The van der Waals surface area contributed by atoms with Gasteiger partial charge < -0.3 is 24.4 Å². The minimum Gasteiger partial charge on any atom is -0.493 e. The molecule has 1 aromatic rings. The van der Waals surface area contributed by atoms with Crippen molar-refractivity contribution in [1.29, 1.82) is 0 Å². The predicted molar refractivity (Wildman–Crippen MR) is 111 cm³/mol. The Morgan fingerprint density at radius 1 is 1.21 bits per heavy atom. The Labute approximate surface area is 168 Å². The second-order valence-electron chi connectivity index (χ2n) is 7.13. The van der Waals surface area contributed by atoms with E-state index in [2.05, 4.69) is 28.1 Å². The van der Waals surface area contributed by atoms with E-state index >= 15 is 0 Å². The highest BCUT2D eigenvalue weighted by atomic mass is 16.5. The highest BCUT2D eigenvalue weighted by Gasteiger charge is 2.30. The average Bonchev–Trinajstić information content (AvgIpc) is 3.23. The van der Waals surface area contributed by atoms with Gasteiger partial charge in [0.1, 0.15) is 0 Å². The van der Waals surface area contributed by atoms with Gasteiger partial charge in [0, 0.05) is 38.8 Å². The van der Waals surface area contributed by atoms with Gasteiger partial charge in [-0.2, -0.15) is 0 Å². The van der Waals surface area contributed by atoms with Crippen molar-refractivity contribution < 1.29 is 14.2 Å². The van der Waals surface area contributed by atoms with Crippen molar-refractivity contribution in [3.8, 4) is 11.5 Å². The SMILES string of the molecule is CCNC(=NCc1ccc(OCC)c(OC)c1)N1CCC(N2CCOCC2)C1. The number of morpholine rings is 1. The summed E-state index contributed by atoms with van der Waals surface area (Å²) in [6.07, 6.45) is 1.18. The Balaban J connectivity index is 1.64. The van der Waals surface area contributed by atoms with Gasteiger partial charge in [0.15, 0.2) is 17.5 Å². The second-order valence-corrected chi connectivity index (χ2v) is 7.13. The summed E-state index contributed by atoms with van der Waals surface area (Å²) in [5.74, 6) is 2.52. The third kappa shape index (κ3) is 5.29.